The van der Waals surface area contributed by atoms with E-state index in [1.807, 2.05) is 6.07 Å². The lowest BCUT2D eigenvalue weighted by molar-refractivity contribution is 0.391. The predicted molar refractivity (Wildman–Crippen MR) is 81.3 cm³/mol. The lowest BCUT2D eigenvalue weighted by atomic mass is 9.98. The number of nitrogens with one attached hydrogen (secondary N) is 1. The second kappa shape index (κ2) is 6.25. The summed E-state index contributed by atoms with van der Waals surface area (Å²) in [4.78, 5) is 0. The average molecular weight is 259 g/mol. The van der Waals surface area contributed by atoms with Crippen molar-refractivity contribution in [3.8, 4) is 0 Å². The molecule has 1 aromatic carbocycles. The van der Waals surface area contributed by atoms with E-state index >= 15 is 0 Å². The van der Waals surface area contributed by atoms with Crippen LogP contribution >= 0.6 is 0 Å². The largest absolute Gasteiger partial charge is 0.461 e. The first kappa shape index (κ1) is 14.1. The summed E-state index contributed by atoms with van der Waals surface area (Å²) in [6.45, 7) is 11.0. The van der Waals surface area contributed by atoms with Gasteiger partial charge in [-0.05, 0) is 24.4 Å². The SMILES string of the molecule is CCc1oc2ccccc2c1CNCC(C)C(C)C. The maximum atomic E-state index is 5.91. The molecule has 2 nitrogen and oxygen atoms in total. The number of hydrogen-bond donors (Lipinski definition) is 1. The summed E-state index contributed by atoms with van der Waals surface area (Å²) in [5.41, 5.74) is 2.34. The van der Waals surface area contributed by atoms with Gasteiger partial charge in [0.1, 0.15) is 11.3 Å². The summed E-state index contributed by atoms with van der Waals surface area (Å²) < 4.78 is 5.91. The molecule has 104 valence electrons. The lowest BCUT2D eigenvalue weighted by Crippen LogP contribution is -2.24. The number of hydrogen-bond acceptors (Lipinski definition) is 2. The van der Waals surface area contributed by atoms with E-state index in [9.17, 15) is 0 Å². The monoisotopic (exact) mass is 259 g/mol. The maximum Gasteiger partial charge on any atom is 0.134 e. The molecule has 2 aromatic rings. The summed E-state index contributed by atoms with van der Waals surface area (Å²) >= 11 is 0. The van der Waals surface area contributed by atoms with Crippen LogP contribution in [0.4, 0.5) is 0 Å². The molecule has 2 heteroatoms. The standard InChI is InChI=1S/C17H25NO/c1-5-16-15(11-18-10-13(4)12(2)3)14-8-6-7-9-17(14)19-16/h6-9,12-13,18H,5,10-11H2,1-4H3. The average Bonchev–Trinajstić information content (AvgIpc) is 2.76. The minimum Gasteiger partial charge on any atom is -0.461 e. The number of furan rings is 1. The van der Waals surface area contributed by atoms with Gasteiger partial charge in [-0.1, -0.05) is 45.9 Å². The Labute approximate surface area is 116 Å². The van der Waals surface area contributed by atoms with Crippen molar-refractivity contribution in [3.63, 3.8) is 0 Å². The van der Waals surface area contributed by atoms with Crippen LogP contribution in [0.3, 0.4) is 0 Å². The molecule has 1 heterocycles. The molecule has 1 aromatic heterocycles. The third-order valence-corrected chi connectivity index (χ3v) is 4.01. The third-order valence-electron chi connectivity index (χ3n) is 4.01. The van der Waals surface area contributed by atoms with Crippen molar-refractivity contribution in [1.82, 2.24) is 5.32 Å². The van der Waals surface area contributed by atoms with E-state index < -0.39 is 0 Å². The van der Waals surface area contributed by atoms with Crippen LogP contribution in [0.5, 0.6) is 0 Å². The second-order valence-electron chi connectivity index (χ2n) is 5.71. The first-order valence-corrected chi connectivity index (χ1v) is 7.33. The van der Waals surface area contributed by atoms with Gasteiger partial charge in [-0.25, -0.2) is 0 Å². The Balaban J connectivity index is 2.11. The van der Waals surface area contributed by atoms with Crippen LogP contribution < -0.4 is 5.32 Å². The molecule has 2 rings (SSSR count). The summed E-state index contributed by atoms with van der Waals surface area (Å²) in [5.74, 6) is 2.54. The van der Waals surface area contributed by atoms with E-state index in [4.69, 9.17) is 4.42 Å². The van der Waals surface area contributed by atoms with E-state index in [1.54, 1.807) is 0 Å². The highest BCUT2D eigenvalue weighted by molar-refractivity contribution is 5.82. The molecule has 0 amide bonds. The summed E-state index contributed by atoms with van der Waals surface area (Å²) in [5, 5.41) is 4.83. The fraction of sp³-hybridized carbons (Fsp3) is 0.529. The van der Waals surface area contributed by atoms with Gasteiger partial charge in [0, 0.05) is 23.9 Å². The molecule has 1 unspecified atom stereocenters. The fourth-order valence-corrected chi connectivity index (χ4v) is 2.29. The Morgan fingerprint density at radius 3 is 2.58 bits per heavy atom. The Bertz CT molecular complexity index is 527. The molecule has 0 aliphatic heterocycles. The van der Waals surface area contributed by atoms with Gasteiger partial charge in [0.05, 0.1) is 0 Å². The Hall–Kier alpha value is -1.28. The van der Waals surface area contributed by atoms with Crippen LogP contribution in [-0.4, -0.2) is 6.54 Å². The molecule has 0 radical (unpaired) electrons. The van der Waals surface area contributed by atoms with Crippen LogP contribution in [0, 0.1) is 11.8 Å². The third kappa shape index (κ3) is 3.19. The molecular formula is C17H25NO. The number of aryl methyl sites for hydroxylation is 1. The zero-order chi connectivity index (χ0) is 13.8. The highest BCUT2D eigenvalue weighted by atomic mass is 16.3. The van der Waals surface area contributed by atoms with Crippen molar-refractivity contribution >= 4 is 11.0 Å². The number of fused-ring (bicyclic) bond motifs is 1. The van der Waals surface area contributed by atoms with Gasteiger partial charge < -0.3 is 9.73 Å². The summed E-state index contributed by atoms with van der Waals surface area (Å²) in [6, 6.07) is 8.32. The van der Waals surface area contributed by atoms with Crippen molar-refractivity contribution in [2.24, 2.45) is 11.8 Å². The van der Waals surface area contributed by atoms with Crippen LogP contribution in [0.1, 0.15) is 39.0 Å². The van der Waals surface area contributed by atoms with Gasteiger partial charge >= 0.3 is 0 Å². The second-order valence-corrected chi connectivity index (χ2v) is 5.71. The van der Waals surface area contributed by atoms with E-state index in [0.29, 0.717) is 5.92 Å². The predicted octanol–water partition coefficient (Wildman–Crippen LogP) is 4.38. The van der Waals surface area contributed by atoms with Crippen molar-refractivity contribution in [1.29, 1.82) is 0 Å². The molecule has 0 aliphatic rings. The van der Waals surface area contributed by atoms with Crippen molar-refractivity contribution < 1.29 is 4.42 Å². The number of rotatable bonds is 6. The van der Waals surface area contributed by atoms with Crippen molar-refractivity contribution in [3.05, 3.63) is 35.6 Å². The highest BCUT2D eigenvalue weighted by Gasteiger charge is 2.13. The molecule has 0 spiro atoms. The zero-order valence-corrected chi connectivity index (χ0v) is 12.5. The Morgan fingerprint density at radius 2 is 1.89 bits per heavy atom. The zero-order valence-electron chi connectivity index (χ0n) is 12.5. The fourth-order valence-electron chi connectivity index (χ4n) is 2.29. The molecule has 1 atom stereocenters. The van der Waals surface area contributed by atoms with Crippen molar-refractivity contribution in [2.75, 3.05) is 6.54 Å². The summed E-state index contributed by atoms with van der Waals surface area (Å²) in [7, 11) is 0. The molecule has 0 aliphatic carbocycles. The van der Waals surface area contributed by atoms with Gasteiger partial charge in [-0.3, -0.25) is 0 Å². The van der Waals surface area contributed by atoms with E-state index in [0.717, 1.165) is 36.8 Å². The highest BCUT2D eigenvalue weighted by Crippen LogP contribution is 2.26. The van der Waals surface area contributed by atoms with Gasteiger partial charge in [0.15, 0.2) is 0 Å². The van der Waals surface area contributed by atoms with Gasteiger partial charge in [-0.2, -0.15) is 0 Å². The molecular weight excluding hydrogens is 234 g/mol. The Morgan fingerprint density at radius 1 is 1.16 bits per heavy atom. The summed E-state index contributed by atoms with van der Waals surface area (Å²) in [6.07, 6.45) is 0.950. The van der Waals surface area contributed by atoms with Crippen LogP contribution in [-0.2, 0) is 13.0 Å². The van der Waals surface area contributed by atoms with E-state index in [2.05, 4.69) is 51.2 Å². The Kier molecular flexibility index (Phi) is 4.65. The van der Waals surface area contributed by atoms with Gasteiger partial charge in [-0.15, -0.1) is 0 Å². The minimum absolute atomic E-state index is 0.697. The van der Waals surface area contributed by atoms with Crippen LogP contribution in [0.2, 0.25) is 0 Å². The van der Waals surface area contributed by atoms with Crippen molar-refractivity contribution in [2.45, 2.75) is 40.7 Å². The lowest BCUT2D eigenvalue weighted by Gasteiger charge is -2.16. The first-order valence-electron chi connectivity index (χ1n) is 7.33. The normalized spacial score (nSPS) is 13.3. The van der Waals surface area contributed by atoms with Crippen LogP contribution in [0.25, 0.3) is 11.0 Å². The molecule has 0 bridgehead atoms. The maximum absolute atomic E-state index is 5.91. The van der Waals surface area contributed by atoms with Gasteiger partial charge in [0.2, 0.25) is 0 Å². The smallest absolute Gasteiger partial charge is 0.134 e. The number of para-hydroxylation sites is 1. The molecule has 0 fully saturated rings. The van der Waals surface area contributed by atoms with E-state index in [-0.39, 0.29) is 0 Å². The first-order chi connectivity index (χ1) is 9.13. The number of benzene rings is 1. The van der Waals surface area contributed by atoms with Crippen LogP contribution in [0.15, 0.2) is 28.7 Å². The molecule has 1 N–H and O–H groups in total. The molecule has 0 saturated heterocycles. The quantitative estimate of drug-likeness (QED) is 0.833. The van der Waals surface area contributed by atoms with Gasteiger partial charge in [0.25, 0.3) is 0 Å². The molecule has 0 saturated carbocycles. The van der Waals surface area contributed by atoms with E-state index in [1.165, 1.54) is 10.9 Å². The topological polar surface area (TPSA) is 25.2 Å². The molecule has 19 heavy (non-hydrogen) atoms. The minimum atomic E-state index is 0.697.